The Bertz CT molecular complexity index is 380. The highest BCUT2D eigenvalue weighted by Gasteiger charge is 2.23. The van der Waals surface area contributed by atoms with Gasteiger partial charge in [-0.05, 0) is 49.6 Å². The molecule has 1 aliphatic rings. The monoisotopic (exact) mass is 297 g/mol. The molecular formula is C14H20BrNO. The Morgan fingerprint density at radius 3 is 3.00 bits per heavy atom. The number of nitrogens with zero attached hydrogens (tertiary/aromatic N) is 1. The second-order valence-corrected chi connectivity index (χ2v) is 5.49. The minimum atomic E-state index is 0.758. The van der Waals surface area contributed by atoms with Crippen LogP contribution in [0.15, 0.2) is 22.7 Å². The van der Waals surface area contributed by atoms with Crippen molar-refractivity contribution >= 4 is 15.9 Å². The Balaban J connectivity index is 2.12. The summed E-state index contributed by atoms with van der Waals surface area (Å²) in [5.41, 5.74) is 1.32. The number of rotatable bonds is 4. The van der Waals surface area contributed by atoms with Crippen molar-refractivity contribution in [1.29, 1.82) is 0 Å². The predicted molar refractivity (Wildman–Crippen MR) is 74.4 cm³/mol. The van der Waals surface area contributed by atoms with Crippen LogP contribution in [0, 0.1) is 0 Å². The molecule has 0 aliphatic carbocycles. The molecule has 0 bridgehead atoms. The predicted octanol–water partition coefficient (Wildman–Crippen LogP) is 3.83. The second-order valence-electron chi connectivity index (χ2n) is 4.63. The van der Waals surface area contributed by atoms with Crippen LogP contribution in [0.4, 0.5) is 0 Å². The molecule has 0 spiro atoms. The molecule has 0 amide bonds. The van der Waals surface area contributed by atoms with E-state index in [9.17, 15) is 0 Å². The lowest BCUT2D eigenvalue weighted by molar-refractivity contribution is 0.239. The zero-order valence-electron chi connectivity index (χ0n) is 10.6. The first kappa shape index (κ1) is 12.9. The van der Waals surface area contributed by atoms with E-state index in [1.54, 1.807) is 7.11 Å². The summed E-state index contributed by atoms with van der Waals surface area (Å²) in [7, 11) is 1.72. The van der Waals surface area contributed by atoms with Gasteiger partial charge in [0.25, 0.3) is 0 Å². The summed E-state index contributed by atoms with van der Waals surface area (Å²) >= 11 is 3.63. The van der Waals surface area contributed by atoms with Crippen molar-refractivity contribution in [3.63, 3.8) is 0 Å². The molecule has 94 valence electrons. The zero-order valence-corrected chi connectivity index (χ0v) is 12.2. The van der Waals surface area contributed by atoms with E-state index in [0.717, 1.165) is 18.3 Å². The Kier molecular flexibility index (Phi) is 4.46. The number of likely N-dealkylation sites (tertiary alicyclic amines) is 1. The smallest absolute Gasteiger partial charge is 0.119 e. The van der Waals surface area contributed by atoms with Crippen LogP contribution in [0.2, 0.25) is 0 Å². The molecule has 1 saturated heterocycles. The van der Waals surface area contributed by atoms with Crippen LogP contribution in [0.25, 0.3) is 0 Å². The van der Waals surface area contributed by atoms with E-state index in [1.165, 1.54) is 35.8 Å². The topological polar surface area (TPSA) is 12.5 Å². The lowest BCUT2D eigenvalue weighted by Crippen LogP contribution is -2.28. The van der Waals surface area contributed by atoms with Crippen LogP contribution >= 0.6 is 15.9 Å². The van der Waals surface area contributed by atoms with Crippen LogP contribution < -0.4 is 4.74 Å². The first-order chi connectivity index (χ1) is 8.24. The van der Waals surface area contributed by atoms with E-state index in [-0.39, 0.29) is 0 Å². The summed E-state index contributed by atoms with van der Waals surface area (Å²) < 4.78 is 6.47. The molecule has 3 heteroatoms. The third-order valence-electron chi connectivity index (χ3n) is 3.60. The molecule has 1 atom stereocenters. The maximum Gasteiger partial charge on any atom is 0.119 e. The van der Waals surface area contributed by atoms with Crippen LogP contribution in [-0.4, -0.2) is 24.6 Å². The van der Waals surface area contributed by atoms with Crippen molar-refractivity contribution in [1.82, 2.24) is 4.90 Å². The first-order valence-electron chi connectivity index (χ1n) is 6.31. The van der Waals surface area contributed by atoms with Gasteiger partial charge < -0.3 is 4.74 Å². The van der Waals surface area contributed by atoms with Gasteiger partial charge in [0.15, 0.2) is 0 Å². The fourth-order valence-electron chi connectivity index (χ4n) is 2.58. The Morgan fingerprint density at radius 2 is 2.29 bits per heavy atom. The van der Waals surface area contributed by atoms with Gasteiger partial charge in [-0.1, -0.05) is 22.9 Å². The van der Waals surface area contributed by atoms with Gasteiger partial charge >= 0.3 is 0 Å². The number of methoxy groups -OCH3 is 1. The number of hydrogen-bond donors (Lipinski definition) is 0. The average Bonchev–Trinajstić information content (AvgIpc) is 2.79. The highest BCUT2D eigenvalue weighted by atomic mass is 79.9. The van der Waals surface area contributed by atoms with Gasteiger partial charge in [-0.25, -0.2) is 0 Å². The van der Waals surface area contributed by atoms with Crippen molar-refractivity contribution in [3.8, 4) is 5.75 Å². The van der Waals surface area contributed by atoms with E-state index in [1.807, 2.05) is 6.07 Å². The van der Waals surface area contributed by atoms with Crippen molar-refractivity contribution in [3.05, 3.63) is 28.2 Å². The quantitative estimate of drug-likeness (QED) is 0.837. The minimum absolute atomic E-state index is 0.758. The molecule has 1 heterocycles. The Hall–Kier alpha value is -0.540. The normalized spacial score (nSPS) is 20.8. The Morgan fingerprint density at radius 1 is 1.47 bits per heavy atom. The molecule has 1 aromatic carbocycles. The highest BCUT2D eigenvalue weighted by Crippen LogP contribution is 2.27. The maximum atomic E-state index is 5.29. The highest BCUT2D eigenvalue weighted by molar-refractivity contribution is 9.10. The van der Waals surface area contributed by atoms with Gasteiger partial charge in [-0.15, -0.1) is 0 Å². The number of benzene rings is 1. The van der Waals surface area contributed by atoms with E-state index in [0.29, 0.717) is 0 Å². The lowest BCUT2D eigenvalue weighted by Gasteiger charge is -2.24. The number of halogens is 1. The van der Waals surface area contributed by atoms with Crippen molar-refractivity contribution in [2.45, 2.75) is 38.8 Å². The molecular weight excluding hydrogens is 278 g/mol. The molecule has 0 N–H and O–H groups in total. The second kappa shape index (κ2) is 5.87. The van der Waals surface area contributed by atoms with E-state index in [4.69, 9.17) is 4.74 Å². The summed E-state index contributed by atoms with van der Waals surface area (Å²) in [6, 6.07) is 6.96. The third-order valence-corrected chi connectivity index (χ3v) is 4.37. The van der Waals surface area contributed by atoms with Gasteiger partial charge in [-0.3, -0.25) is 4.90 Å². The third kappa shape index (κ3) is 3.02. The van der Waals surface area contributed by atoms with Crippen LogP contribution in [0.3, 0.4) is 0 Å². The average molecular weight is 298 g/mol. The fraction of sp³-hybridized carbons (Fsp3) is 0.571. The van der Waals surface area contributed by atoms with E-state index < -0.39 is 0 Å². The van der Waals surface area contributed by atoms with Gasteiger partial charge in [0, 0.05) is 17.1 Å². The van der Waals surface area contributed by atoms with Gasteiger partial charge in [0.05, 0.1) is 7.11 Å². The first-order valence-corrected chi connectivity index (χ1v) is 7.10. The van der Waals surface area contributed by atoms with Gasteiger partial charge in [-0.2, -0.15) is 0 Å². The summed E-state index contributed by atoms with van der Waals surface area (Å²) in [4.78, 5) is 2.58. The van der Waals surface area contributed by atoms with E-state index in [2.05, 4.69) is 39.9 Å². The van der Waals surface area contributed by atoms with Crippen LogP contribution in [0.1, 0.15) is 31.7 Å². The van der Waals surface area contributed by atoms with E-state index >= 15 is 0 Å². The summed E-state index contributed by atoms with van der Waals surface area (Å²) in [5.74, 6) is 0.940. The minimum Gasteiger partial charge on any atom is -0.497 e. The zero-order chi connectivity index (χ0) is 12.3. The van der Waals surface area contributed by atoms with Gasteiger partial charge in [0.1, 0.15) is 5.75 Å². The van der Waals surface area contributed by atoms with Crippen LogP contribution in [0.5, 0.6) is 5.75 Å². The summed E-state index contributed by atoms with van der Waals surface area (Å²) in [5, 5.41) is 0. The Labute approximate surface area is 112 Å². The standard InChI is InChI=1S/C14H20BrNO/c1-3-12-5-4-8-16(12)10-11-9-13(17-2)6-7-14(11)15/h6-7,9,12H,3-5,8,10H2,1-2H3. The number of ether oxygens (including phenoxy) is 1. The molecule has 2 rings (SSSR count). The maximum absolute atomic E-state index is 5.29. The summed E-state index contributed by atoms with van der Waals surface area (Å²) in [6.07, 6.45) is 3.93. The van der Waals surface area contributed by atoms with Crippen LogP contribution in [-0.2, 0) is 6.54 Å². The van der Waals surface area contributed by atoms with Crippen molar-refractivity contribution < 1.29 is 4.74 Å². The molecule has 1 fully saturated rings. The molecule has 0 radical (unpaired) electrons. The SMILES string of the molecule is CCC1CCCN1Cc1cc(OC)ccc1Br. The fourth-order valence-corrected chi connectivity index (χ4v) is 2.96. The number of hydrogen-bond acceptors (Lipinski definition) is 2. The lowest BCUT2D eigenvalue weighted by atomic mass is 10.1. The largest absolute Gasteiger partial charge is 0.497 e. The molecule has 1 aliphatic heterocycles. The molecule has 1 aromatic rings. The van der Waals surface area contributed by atoms with Crippen molar-refractivity contribution in [2.24, 2.45) is 0 Å². The molecule has 17 heavy (non-hydrogen) atoms. The molecule has 2 nitrogen and oxygen atoms in total. The van der Waals surface area contributed by atoms with Gasteiger partial charge in [0.2, 0.25) is 0 Å². The summed E-state index contributed by atoms with van der Waals surface area (Å²) in [6.45, 7) is 4.53. The van der Waals surface area contributed by atoms with Crippen molar-refractivity contribution in [2.75, 3.05) is 13.7 Å². The molecule has 1 unspecified atom stereocenters. The molecule has 0 aromatic heterocycles. The molecule has 0 saturated carbocycles.